The highest BCUT2D eigenvalue weighted by Crippen LogP contribution is 2.38. The first-order valence-electron chi connectivity index (χ1n) is 11.1. The van der Waals surface area contributed by atoms with Crippen molar-refractivity contribution in [1.29, 1.82) is 0 Å². The molecular weight excluding hydrogens is 549 g/mol. The zero-order chi connectivity index (χ0) is 29.4. The van der Waals surface area contributed by atoms with Crippen LogP contribution in [0.5, 0.6) is 5.88 Å². The molecule has 2 saturated heterocycles. The maximum atomic E-state index is 13.7. The zero-order valence-corrected chi connectivity index (χ0v) is 20.2. The Bertz CT molecular complexity index is 1080. The number of rotatable bonds is 3. The molecule has 0 radical (unpaired) electrons. The van der Waals surface area contributed by atoms with E-state index in [1.54, 1.807) is 6.07 Å². The average molecular weight is 572 g/mol. The highest BCUT2D eigenvalue weighted by molar-refractivity contribution is 5.73. The van der Waals surface area contributed by atoms with Gasteiger partial charge in [-0.2, -0.15) is 31.4 Å². The van der Waals surface area contributed by atoms with E-state index in [9.17, 15) is 30.7 Å². The lowest BCUT2D eigenvalue weighted by molar-refractivity contribution is -0.193. The summed E-state index contributed by atoms with van der Waals surface area (Å²) in [5.74, 6) is -4.99. The van der Waals surface area contributed by atoms with E-state index >= 15 is 0 Å². The predicted octanol–water partition coefficient (Wildman–Crippen LogP) is 3.79. The third-order valence-electron chi connectivity index (χ3n) is 5.45. The van der Waals surface area contributed by atoms with Crippen LogP contribution >= 0.6 is 0 Å². The van der Waals surface area contributed by atoms with Crippen molar-refractivity contribution in [2.24, 2.45) is 0 Å². The molecular formula is C22H23F7N4O6. The monoisotopic (exact) mass is 572 g/mol. The predicted molar refractivity (Wildman–Crippen MR) is 118 cm³/mol. The van der Waals surface area contributed by atoms with Gasteiger partial charge >= 0.3 is 24.3 Å². The Morgan fingerprint density at radius 1 is 1.03 bits per heavy atom. The van der Waals surface area contributed by atoms with Gasteiger partial charge in [0.05, 0.1) is 17.9 Å². The minimum absolute atomic E-state index is 0.0560. The lowest BCUT2D eigenvalue weighted by atomic mass is 9.88. The normalized spacial score (nSPS) is 18.4. The summed E-state index contributed by atoms with van der Waals surface area (Å²) in [5.41, 5.74) is 0.725. The Morgan fingerprint density at radius 2 is 1.59 bits per heavy atom. The van der Waals surface area contributed by atoms with Crippen LogP contribution in [0.2, 0.25) is 0 Å². The van der Waals surface area contributed by atoms with E-state index in [1.165, 1.54) is 12.3 Å². The van der Waals surface area contributed by atoms with Crippen molar-refractivity contribution in [2.45, 2.75) is 50.2 Å². The Morgan fingerprint density at radius 3 is 2.05 bits per heavy atom. The second kappa shape index (κ2) is 12.9. The number of halogens is 7. The smallest absolute Gasteiger partial charge is 0.475 e. The fourth-order valence-electron chi connectivity index (χ4n) is 3.55. The van der Waals surface area contributed by atoms with Crippen LogP contribution in [0.25, 0.3) is 0 Å². The molecule has 216 valence electrons. The summed E-state index contributed by atoms with van der Waals surface area (Å²) in [6.45, 7) is 4.13. The average Bonchev–Trinajstić information content (AvgIpc) is 3.23. The standard InChI is InChI=1S/C18H21FN4O2.2C2HF3O2/c1-13-4-5-16(22-21-13)23-9-6-18(7-10-23)11-14(12-24-18)25-17-15(19)3-2-8-20-17;2*3-2(4,5)1(6)7/h2-5,8,14H,6-7,9-12H2,1H3;2*(H,6,7). The third-order valence-corrected chi connectivity index (χ3v) is 5.45. The van der Waals surface area contributed by atoms with Gasteiger partial charge in [0, 0.05) is 25.7 Å². The van der Waals surface area contributed by atoms with Crippen LogP contribution in [0, 0.1) is 12.7 Å². The molecule has 0 saturated carbocycles. The molecule has 0 aromatic carbocycles. The number of alkyl halides is 6. The molecule has 2 aliphatic rings. The molecule has 1 unspecified atom stereocenters. The molecule has 0 bridgehead atoms. The van der Waals surface area contributed by atoms with Crippen molar-refractivity contribution in [1.82, 2.24) is 15.2 Å². The van der Waals surface area contributed by atoms with Gasteiger partial charge in [0.2, 0.25) is 0 Å². The molecule has 2 N–H and O–H groups in total. The molecule has 17 heteroatoms. The summed E-state index contributed by atoms with van der Waals surface area (Å²) in [6, 6.07) is 6.89. The van der Waals surface area contributed by atoms with Crippen LogP contribution in [0.15, 0.2) is 30.5 Å². The Hall–Kier alpha value is -3.76. The number of nitrogens with zero attached hydrogens (tertiary/aromatic N) is 4. The highest BCUT2D eigenvalue weighted by Gasteiger charge is 2.44. The zero-order valence-electron chi connectivity index (χ0n) is 20.2. The molecule has 4 heterocycles. The third kappa shape index (κ3) is 9.81. The van der Waals surface area contributed by atoms with Gasteiger partial charge in [-0.25, -0.2) is 19.0 Å². The number of aliphatic carboxylic acids is 2. The Balaban J connectivity index is 0.000000317. The molecule has 2 aromatic heterocycles. The Kier molecular flexibility index (Phi) is 10.4. The molecule has 2 aliphatic heterocycles. The maximum Gasteiger partial charge on any atom is 0.490 e. The lowest BCUT2D eigenvalue weighted by Gasteiger charge is -2.38. The second-order valence-electron chi connectivity index (χ2n) is 8.35. The van der Waals surface area contributed by atoms with Crippen molar-refractivity contribution >= 4 is 17.8 Å². The fraction of sp³-hybridized carbons (Fsp3) is 0.500. The molecule has 39 heavy (non-hydrogen) atoms. The molecule has 10 nitrogen and oxygen atoms in total. The van der Waals surface area contributed by atoms with Gasteiger partial charge in [-0.1, -0.05) is 0 Å². The van der Waals surface area contributed by atoms with Crippen molar-refractivity contribution in [3.63, 3.8) is 0 Å². The minimum Gasteiger partial charge on any atom is -0.475 e. The van der Waals surface area contributed by atoms with Crippen molar-refractivity contribution < 1.29 is 60.0 Å². The number of hydrogen-bond acceptors (Lipinski definition) is 8. The van der Waals surface area contributed by atoms with Crippen LogP contribution in [-0.4, -0.2) is 81.1 Å². The number of aromatic nitrogens is 3. The van der Waals surface area contributed by atoms with Gasteiger partial charge in [-0.3, -0.25) is 0 Å². The molecule has 2 aromatic rings. The first-order chi connectivity index (χ1) is 18.0. The van der Waals surface area contributed by atoms with Gasteiger partial charge in [-0.15, -0.1) is 5.10 Å². The molecule has 0 amide bonds. The molecule has 4 rings (SSSR count). The number of pyridine rings is 1. The number of hydrogen-bond donors (Lipinski definition) is 2. The maximum absolute atomic E-state index is 13.7. The SMILES string of the molecule is Cc1ccc(N2CCC3(CC2)CC(Oc2ncccc2F)CO3)nn1.O=C(O)C(F)(F)F.O=C(O)C(F)(F)F. The van der Waals surface area contributed by atoms with E-state index in [0.717, 1.165) is 43.9 Å². The minimum atomic E-state index is -5.08. The van der Waals surface area contributed by atoms with Crippen LogP contribution < -0.4 is 9.64 Å². The van der Waals surface area contributed by atoms with Gasteiger partial charge in [-0.05, 0) is 44.0 Å². The van der Waals surface area contributed by atoms with Crippen LogP contribution in [0.3, 0.4) is 0 Å². The number of piperidine rings is 1. The topological polar surface area (TPSA) is 135 Å². The van der Waals surface area contributed by atoms with Gasteiger partial charge < -0.3 is 24.6 Å². The van der Waals surface area contributed by atoms with E-state index in [4.69, 9.17) is 29.3 Å². The second-order valence-corrected chi connectivity index (χ2v) is 8.35. The molecule has 1 atom stereocenters. The number of carboxylic acids is 2. The van der Waals surface area contributed by atoms with Gasteiger partial charge in [0.25, 0.3) is 5.88 Å². The van der Waals surface area contributed by atoms with Gasteiger partial charge in [0.1, 0.15) is 6.10 Å². The summed E-state index contributed by atoms with van der Waals surface area (Å²) >= 11 is 0. The quantitative estimate of drug-likeness (QED) is 0.523. The summed E-state index contributed by atoms with van der Waals surface area (Å²) in [7, 11) is 0. The van der Waals surface area contributed by atoms with Gasteiger partial charge in [0.15, 0.2) is 11.6 Å². The first kappa shape index (κ1) is 31.5. The molecule has 0 aliphatic carbocycles. The van der Waals surface area contributed by atoms with E-state index in [1.807, 2.05) is 19.1 Å². The van der Waals surface area contributed by atoms with E-state index in [0.29, 0.717) is 6.61 Å². The number of anilines is 1. The highest BCUT2D eigenvalue weighted by atomic mass is 19.4. The van der Waals surface area contributed by atoms with Crippen LogP contribution in [-0.2, 0) is 14.3 Å². The number of aryl methyl sites for hydroxylation is 1. The van der Waals surface area contributed by atoms with Crippen molar-refractivity contribution in [3.8, 4) is 5.88 Å². The number of carbonyl (C=O) groups is 2. The largest absolute Gasteiger partial charge is 0.490 e. The Labute approximate surface area is 216 Å². The van der Waals surface area contributed by atoms with Crippen molar-refractivity contribution in [2.75, 3.05) is 24.6 Å². The summed E-state index contributed by atoms with van der Waals surface area (Å²) < 4.78 is 89.0. The fourth-order valence-corrected chi connectivity index (χ4v) is 3.55. The van der Waals surface area contributed by atoms with Crippen LogP contribution in [0.1, 0.15) is 25.0 Å². The summed E-state index contributed by atoms with van der Waals surface area (Å²) in [4.78, 5) is 24.0. The number of carboxylic acid groups (broad SMARTS) is 2. The molecule has 2 fully saturated rings. The molecule has 1 spiro atoms. The van der Waals surface area contributed by atoms with Crippen LogP contribution in [0.4, 0.5) is 36.6 Å². The van der Waals surface area contributed by atoms with E-state index in [2.05, 4.69) is 20.1 Å². The number of ether oxygens (including phenoxy) is 2. The van der Waals surface area contributed by atoms with E-state index in [-0.39, 0.29) is 17.6 Å². The van der Waals surface area contributed by atoms with E-state index < -0.39 is 30.1 Å². The lowest BCUT2D eigenvalue weighted by Crippen LogP contribution is -2.44. The summed E-state index contributed by atoms with van der Waals surface area (Å²) in [5, 5.41) is 22.6. The van der Waals surface area contributed by atoms with Crippen molar-refractivity contribution in [3.05, 3.63) is 42.0 Å². The first-order valence-corrected chi connectivity index (χ1v) is 11.1. The summed E-state index contributed by atoms with van der Waals surface area (Å²) in [6.07, 6.45) is -6.24.